The van der Waals surface area contributed by atoms with Crippen molar-refractivity contribution in [3.8, 4) is 0 Å². The molecule has 4 fully saturated rings. The van der Waals surface area contributed by atoms with Crippen molar-refractivity contribution in [2.75, 3.05) is 13.2 Å². The summed E-state index contributed by atoms with van der Waals surface area (Å²) >= 11 is 3.94. The number of urea groups is 1. The highest BCUT2D eigenvalue weighted by Gasteiger charge is 2.57. The van der Waals surface area contributed by atoms with Crippen molar-refractivity contribution in [2.24, 2.45) is 17.3 Å². The van der Waals surface area contributed by atoms with Crippen LogP contribution in [0.2, 0.25) is 0 Å². The molecule has 2 unspecified atom stereocenters. The number of rotatable bonds is 7. The first-order valence-electron chi connectivity index (χ1n) is 9.74. The van der Waals surface area contributed by atoms with Gasteiger partial charge in [-0.1, -0.05) is 29.3 Å². The second-order valence-corrected chi connectivity index (χ2v) is 10.3. The predicted octanol–water partition coefficient (Wildman–Crippen LogP) is 3.28. The molecule has 0 heterocycles. The molecule has 0 saturated heterocycles. The summed E-state index contributed by atoms with van der Waals surface area (Å²) in [5.41, 5.74) is 0.0265. The number of unbranched alkanes of at least 4 members (excludes halogenated alkanes) is 1. The smallest absolute Gasteiger partial charge is 0.321 e. The molecule has 4 aliphatic carbocycles. The quantitative estimate of drug-likeness (QED) is 0.370. The van der Waals surface area contributed by atoms with Crippen LogP contribution in [0.15, 0.2) is 0 Å². The van der Waals surface area contributed by atoms with Crippen LogP contribution in [0.1, 0.15) is 64.7 Å². The second kappa shape index (κ2) is 7.87. The maximum Gasteiger partial charge on any atom is 0.321 e. The standard InChI is InChI=1S/C19H29BrN2O4/c1-2-3-4-21-17(25)22-15(23)11-26-16(24)10-18-6-13-5-14(7-18)9-19(20,8-13)12-18/h13-14H,2-12H2,1H3,(H2,21,22,23,25). The summed E-state index contributed by atoms with van der Waals surface area (Å²) in [5.74, 6) is 0.497. The normalized spacial score (nSPS) is 34.4. The fourth-order valence-electron chi connectivity index (χ4n) is 5.63. The van der Waals surface area contributed by atoms with Gasteiger partial charge in [-0.05, 0) is 62.2 Å². The van der Waals surface area contributed by atoms with Crippen LogP contribution < -0.4 is 10.6 Å². The molecule has 3 amide bonds. The van der Waals surface area contributed by atoms with Crippen LogP contribution in [0.5, 0.6) is 0 Å². The fraction of sp³-hybridized carbons (Fsp3) is 0.842. The van der Waals surface area contributed by atoms with E-state index in [2.05, 4.69) is 26.6 Å². The highest BCUT2D eigenvalue weighted by molar-refractivity contribution is 9.10. The van der Waals surface area contributed by atoms with Crippen LogP contribution in [0.3, 0.4) is 0 Å². The summed E-state index contributed by atoms with van der Waals surface area (Å²) in [7, 11) is 0. The number of carbonyl (C=O) groups excluding carboxylic acids is 3. The van der Waals surface area contributed by atoms with Gasteiger partial charge in [0.25, 0.3) is 5.91 Å². The SMILES string of the molecule is CCCCNC(=O)NC(=O)COC(=O)CC12CC3CC(CC(Br)(C3)C1)C2. The third kappa shape index (κ3) is 4.78. The number of hydrogen-bond donors (Lipinski definition) is 2. The van der Waals surface area contributed by atoms with E-state index in [4.69, 9.17) is 4.74 Å². The Balaban J connectivity index is 1.42. The minimum Gasteiger partial charge on any atom is -0.456 e. The highest BCUT2D eigenvalue weighted by atomic mass is 79.9. The molecule has 26 heavy (non-hydrogen) atoms. The van der Waals surface area contributed by atoms with Gasteiger partial charge in [0.2, 0.25) is 0 Å². The van der Waals surface area contributed by atoms with Crippen molar-refractivity contribution in [1.82, 2.24) is 10.6 Å². The van der Waals surface area contributed by atoms with E-state index in [9.17, 15) is 14.4 Å². The molecular formula is C19H29BrN2O4. The van der Waals surface area contributed by atoms with Crippen molar-refractivity contribution < 1.29 is 19.1 Å². The number of imide groups is 1. The highest BCUT2D eigenvalue weighted by Crippen LogP contribution is 2.65. The number of ether oxygens (including phenoxy) is 1. The van der Waals surface area contributed by atoms with Crippen molar-refractivity contribution in [2.45, 2.75) is 69.0 Å². The first-order valence-corrected chi connectivity index (χ1v) is 10.5. The van der Waals surface area contributed by atoms with E-state index in [-0.39, 0.29) is 15.7 Å². The predicted molar refractivity (Wildman–Crippen MR) is 101 cm³/mol. The molecule has 146 valence electrons. The van der Waals surface area contributed by atoms with Gasteiger partial charge < -0.3 is 10.1 Å². The van der Waals surface area contributed by atoms with Crippen LogP contribution in [0.25, 0.3) is 0 Å². The number of amides is 3. The molecule has 0 aromatic rings. The maximum absolute atomic E-state index is 12.3. The topological polar surface area (TPSA) is 84.5 Å². The van der Waals surface area contributed by atoms with Crippen LogP contribution in [-0.4, -0.2) is 35.4 Å². The average Bonchev–Trinajstić information content (AvgIpc) is 2.50. The van der Waals surface area contributed by atoms with Gasteiger partial charge >= 0.3 is 12.0 Å². The van der Waals surface area contributed by atoms with E-state index in [1.54, 1.807) is 0 Å². The van der Waals surface area contributed by atoms with Gasteiger partial charge in [0.05, 0.1) is 6.42 Å². The Morgan fingerprint density at radius 2 is 1.85 bits per heavy atom. The third-order valence-corrected chi connectivity index (χ3v) is 6.99. The first kappa shape index (κ1) is 19.6. The maximum atomic E-state index is 12.3. The van der Waals surface area contributed by atoms with Crippen LogP contribution >= 0.6 is 15.9 Å². The van der Waals surface area contributed by atoms with E-state index in [0.717, 1.165) is 32.1 Å². The number of halogens is 1. The first-order chi connectivity index (χ1) is 12.3. The molecule has 0 aliphatic heterocycles. The lowest BCUT2D eigenvalue weighted by atomic mass is 9.49. The molecule has 0 aromatic heterocycles. The van der Waals surface area contributed by atoms with Gasteiger partial charge in [0.1, 0.15) is 0 Å². The Kier molecular flexibility index (Phi) is 5.94. The lowest BCUT2D eigenvalue weighted by Gasteiger charge is -2.60. The fourth-order valence-corrected chi connectivity index (χ4v) is 7.14. The number of esters is 1. The summed E-state index contributed by atoms with van der Waals surface area (Å²) < 4.78 is 5.36. The molecule has 4 saturated carbocycles. The number of hydrogen-bond acceptors (Lipinski definition) is 4. The molecule has 6 nitrogen and oxygen atoms in total. The molecule has 7 heteroatoms. The summed E-state index contributed by atoms with van der Waals surface area (Å²) in [4.78, 5) is 35.6. The van der Waals surface area contributed by atoms with Gasteiger partial charge in [0.15, 0.2) is 6.61 Å². The van der Waals surface area contributed by atoms with Crippen LogP contribution in [0.4, 0.5) is 4.79 Å². The molecule has 0 radical (unpaired) electrons. The van der Waals surface area contributed by atoms with Gasteiger partial charge in [-0.15, -0.1) is 0 Å². The Bertz CT molecular complexity index is 566. The minimum atomic E-state index is -0.588. The largest absolute Gasteiger partial charge is 0.456 e. The molecule has 4 rings (SSSR count). The van der Waals surface area contributed by atoms with Gasteiger partial charge in [-0.25, -0.2) is 4.79 Å². The van der Waals surface area contributed by atoms with Gasteiger partial charge in [0, 0.05) is 10.9 Å². The average molecular weight is 429 g/mol. The molecule has 2 N–H and O–H groups in total. The summed E-state index contributed by atoms with van der Waals surface area (Å²) in [6.45, 7) is 2.14. The molecule has 2 atom stereocenters. The lowest BCUT2D eigenvalue weighted by Crippen LogP contribution is -2.53. The Morgan fingerprint density at radius 3 is 2.46 bits per heavy atom. The molecule has 4 aliphatic rings. The van der Waals surface area contributed by atoms with Crippen molar-refractivity contribution in [3.05, 3.63) is 0 Å². The zero-order valence-corrected chi connectivity index (χ0v) is 17.0. The number of carbonyl (C=O) groups is 3. The van der Waals surface area contributed by atoms with Gasteiger partial charge in [-0.2, -0.15) is 0 Å². The Morgan fingerprint density at radius 1 is 1.15 bits per heavy atom. The lowest BCUT2D eigenvalue weighted by molar-refractivity contribution is -0.154. The molecule has 0 spiro atoms. The second-order valence-electron chi connectivity index (χ2n) is 8.61. The van der Waals surface area contributed by atoms with Crippen molar-refractivity contribution in [3.63, 3.8) is 0 Å². The van der Waals surface area contributed by atoms with Gasteiger partial charge in [-0.3, -0.25) is 14.9 Å². The molecule has 4 bridgehead atoms. The van der Waals surface area contributed by atoms with Crippen molar-refractivity contribution >= 4 is 33.8 Å². The summed E-state index contributed by atoms with van der Waals surface area (Å²) in [6, 6.07) is -0.540. The van der Waals surface area contributed by atoms with E-state index in [1.165, 1.54) is 19.3 Å². The van der Waals surface area contributed by atoms with E-state index in [0.29, 0.717) is 24.8 Å². The van der Waals surface area contributed by atoms with E-state index < -0.39 is 18.5 Å². The number of nitrogens with one attached hydrogen (secondary N) is 2. The molecule has 0 aromatic carbocycles. The monoisotopic (exact) mass is 428 g/mol. The molecular weight excluding hydrogens is 400 g/mol. The summed E-state index contributed by atoms with van der Waals surface area (Å²) in [5, 5.41) is 4.78. The summed E-state index contributed by atoms with van der Waals surface area (Å²) in [6.07, 6.45) is 9.14. The Labute approximate surface area is 163 Å². The zero-order valence-electron chi connectivity index (χ0n) is 15.4. The minimum absolute atomic E-state index is 0.0265. The zero-order chi connectivity index (χ0) is 18.8. The van der Waals surface area contributed by atoms with Crippen LogP contribution in [0, 0.1) is 17.3 Å². The van der Waals surface area contributed by atoms with E-state index in [1.807, 2.05) is 6.92 Å². The van der Waals surface area contributed by atoms with Crippen LogP contribution in [-0.2, 0) is 14.3 Å². The Hall–Kier alpha value is -1.11. The van der Waals surface area contributed by atoms with E-state index >= 15 is 0 Å². The number of alkyl halides is 1. The van der Waals surface area contributed by atoms with Crippen molar-refractivity contribution in [1.29, 1.82) is 0 Å². The third-order valence-electron chi connectivity index (χ3n) is 6.06.